The number of pyridine rings is 1. The van der Waals surface area contributed by atoms with Crippen molar-refractivity contribution in [1.29, 1.82) is 0 Å². The summed E-state index contributed by atoms with van der Waals surface area (Å²) in [7, 11) is 0. The second-order valence-corrected chi connectivity index (χ2v) is 6.18. The molecule has 0 aromatic carbocycles. The number of amides is 2. The van der Waals surface area contributed by atoms with Crippen LogP contribution in [0.3, 0.4) is 0 Å². The highest BCUT2D eigenvalue weighted by molar-refractivity contribution is 7.10. The highest BCUT2D eigenvalue weighted by Crippen LogP contribution is 2.24. The molecule has 6 heteroatoms. The number of hydrogen-bond donors (Lipinski definition) is 3. The maximum absolute atomic E-state index is 11.9. The Balaban J connectivity index is 1.93. The number of carbonyl (C=O) groups excluding carboxylic acids is 1. The monoisotopic (exact) mass is 305 g/mol. The van der Waals surface area contributed by atoms with Crippen molar-refractivity contribution < 1.29 is 9.90 Å². The third-order valence-electron chi connectivity index (χ3n) is 2.98. The van der Waals surface area contributed by atoms with E-state index in [1.165, 1.54) is 11.3 Å². The molecule has 3 N–H and O–H groups in total. The molecule has 0 bridgehead atoms. The van der Waals surface area contributed by atoms with Crippen LogP contribution in [0.5, 0.6) is 0 Å². The van der Waals surface area contributed by atoms with E-state index in [0.717, 1.165) is 16.1 Å². The lowest BCUT2D eigenvalue weighted by molar-refractivity contribution is 0.0637. The highest BCUT2D eigenvalue weighted by atomic mass is 32.1. The van der Waals surface area contributed by atoms with Crippen LogP contribution in [-0.4, -0.2) is 22.7 Å². The molecule has 2 heterocycles. The zero-order chi connectivity index (χ0) is 15.5. The number of aryl methyl sites for hydroxylation is 2. The van der Waals surface area contributed by atoms with Crippen LogP contribution in [0.4, 0.5) is 10.6 Å². The number of carbonyl (C=O) groups is 1. The average molecular weight is 305 g/mol. The minimum Gasteiger partial charge on any atom is -0.383 e. The minimum atomic E-state index is -1.08. The predicted octanol–water partition coefficient (Wildman–Crippen LogP) is 2.79. The van der Waals surface area contributed by atoms with Crippen molar-refractivity contribution in [2.75, 3.05) is 11.9 Å². The first kappa shape index (κ1) is 15.5. The SMILES string of the molecule is Cc1cc(C)nc(NC(=O)NC[C@@](C)(O)c2cccs2)c1. The molecule has 2 aromatic heterocycles. The lowest BCUT2D eigenvalue weighted by Gasteiger charge is -2.22. The number of nitrogens with one attached hydrogen (secondary N) is 2. The van der Waals surface area contributed by atoms with E-state index < -0.39 is 5.60 Å². The zero-order valence-electron chi connectivity index (χ0n) is 12.3. The molecule has 21 heavy (non-hydrogen) atoms. The third kappa shape index (κ3) is 4.27. The van der Waals surface area contributed by atoms with Crippen molar-refractivity contribution in [3.05, 3.63) is 45.8 Å². The van der Waals surface area contributed by atoms with Gasteiger partial charge in [-0.05, 0) is 49.9 Å². The fourth-order valence-corrected chi connectivity index (χ4v) is 2.78. The van der Waals surface area contributed by atoms with Crippen molar-refractivity contribution in [1.82, 2.24) is 10.3 Å². The molecule has 2 amide bonds. The predicted molar refractivity (Wildman–Crippen MR) is 84.6 cm³/mol. The molecule has 0 fully saturated rings. The van der Waals surface area contributed by atoms with Crippen LogP contribution in [0.25, 0.3) is 0 Å². The van der Waals surface area contributed by atoms with Crippen molar-refractivity contribution in [3.8, 4) is 0 Å². The number of nitrogens with zero attached hydrogens (tertiary/aromatic N) is 1. The van der Waals surface area contributed by atoms with Crippen molar-refractivity contribution in [2.45, 2.75) is 26.4 Å². The van der Waals surface area contributed by atoms with Gasteiger partial charge in [-0.1, -0.05) is 6.07 Å². The molecule has 0 radical (unpaired) electrons. The van der Waals surface area contributed by atoms with Crippen LogP contribution in [0.2, 0.25) is 0 Å². The molecule has 0 unspecified atom stereocenters. The molecule has 2 aromatic rings. The summed E-state index contributed by atoms with van der Waals surface area (Å²) in [5.74, 6) is 0.501. The van der Waals surface area contributed by atoms with Gasteiger partial charge in [0, 0.05) is 10.6 Å². The fraction of sp³-hybridized carbons (Fsp3) is 0.333. The molecule has 1 atom stereocenters. The Kier molecular flexibility index (Phi) is 4.59. The maximum Gasteiger partial charge on any atom is 0.320 e. The number of aromatic nitrogens is 1. The van der Waals surface area contributed by atoms with Crippen molar-refractivity contribution >= 4 is 23.2 Å². The molecule has 0 spiro atoms. The van der Waals surface area contributed by atoms with Gasteiger partial charge in [0.2, 0.25) is 0 Å². The van der Waals surface area contributed by atoms with Gasteiger partial charge in [0.15, 0.2) is 0 Å². The normalized spacial score (nSPS) is 13.5. The quantitative estimate of drug-likeness (QED) is 0.813. The first-order valence-electron chi connectivity index (χ1n) is 6.63. The molecule has 0 aliphatic rings. The Morgan fingerprint density at radius 1 is 1.43 bits per heavy atom. The van der Waals surface area contributed by atoms with Gasteiger partial charge in [-0.2, -0.15) is 0 Å². The summed E-state index contributed by atoms with van der Waals surface area (Å²) >= 11 is 1.46. The molecule has 5 nitrogen and oxygen atoms in total. The van der Waals surface area contributed by atoms with Gasteiger partial charge in [0.05, 0.1) is 6.54 Å². The van der Waals surface area contributed by atoms with E-state index in [4.69, 9.17) is 0 Å². The zero-order valence-corrected chi connectivity index (χ0v) is 13.1. The van der Waals surface area contributed by atoms with E-state index in [-0.39, 0.29) is 12.6 Å². The Labute approximate surface area is 128 Å². The number of rotatable bonds is 4. The summed E-state index contributed by atoms with van der Waals surface area (Å²) in [4.78, 5) is 16.9. The largest absolute Gasteiger partial charge is 0.383 e. The Hall–Kier alpha value is -1.92. The van der Waals surface area contributed by atoms with Crippen molar-refractivity contribution in [2.24, 2.45) is 0 Å². The van der Waals surface area contributed by atoms with Gasteiger partial charge in [-0.15, -0.1) is 11.3 Å². The van der Waals surface area contributed by atoms with E-state index in [1.54, 1.807) is 13.0 Å². The van der Waals surface area contributed by atoms with E-state index in [0.29, 0.717) is 5.82 Å². The molecule has 0 saturated heterocycles. The summed E-state index contributed by atoms with van der Waals surface area (Å²) in [5, 5.41) is 17.6. The van der Waals surface area contributed by atoms with Gasteiger partial charge in [-0.25, -0.2) is 9.78 Å². The molecular weight excluding hydrogens is 286 g/mol. The number of aliphatic hydroxyl groups is 1. The number of hydrogen-bond acceptors (Lipinski definition) is 4. The third-order valence-corrected chi connectivity index (χ3v) is 4.11. The molecule has 0 saturated carbocycles. The van der Waals surface area contributed by atoms with E-state index in [9.17, 15) is 9.90 Å². The summed E-state index contributed by atoms with van der Waals surface area (Å²) in [6.07, 6.45) is 0. The molecule has 0 aliphatic carbocycles. The van der Waals surface area contributed by atoms with Gasteiger partial charge < -0.3 is 10.4 Å². The highest BCUT2D eigenvalue weighted by Gasteiger charge is 2.24. The van der Waals surface area contributed by atoms with E-state index in [1.807, 2.05) is 37.4 Å². The number of thiophene rings is 1. The molecule has 2 rings (SSSR count). The molecule has 112 valence electrons. The summed E-state index contributed by atoms with van der Waals surface area (Å²) < 4.78 is 0. The first-order valence-corrected chi connectivity index (χ1v) is 7.51. The number of anilines is 1. The van der Waals surface area contributed by atoms with E-state index >= 15 is 0 Å². The maximum atomic E-state index is 11.9. The van der Waals surface area contributed by atoms with E-state index in [2.05, 4.69) is 15.6 Å². The van der Waals surface area contributed by atoms with Gasteiger partial charge in [0.25, 0.3) is 0 Å². The lowest BCUT2D eigenvalue weighted by Crippen LogP contribution is -2.40. The van der Waals surface area contributed by atoms with Crippen LogP contribution in [0.15, 0.2) is 29.6 Å². The van der Waals surface area contributed by atoms with Crippen LogP contribution in [-0.2, 0) is 5.60 Å². The van der Waals surface area contributed by atoms with Gasteiger partial charge in [-0.3, -0.25) is 5.32 Å². The second kappa shape index (κ2) is 6.24. The molecular formula is C15H19N3O2S. The minimum absolute atomic E-state index is 0.129. The molecule has 0 aliphatic heterocycles. The van der Waals surface area contributed by atoms with Crippen LogP contribution >= 0.6 is 11.3 Å². The first-order chi connectivity index (χ1) is 9.87. The summed E-state index contributed by atoms with van der Waals surface area (Å²) in [6, 6.07) is 7.06. The van der Waals surface area contributed by atoms with Crippen LogP contribution < -0.4 is 10.6 Å². The summed E-state index contributed by atoms with van der Waals surface area (Å²) in [6.45, 7) is 5.62. The Morgan fingerprint density at radius 3 is 2.81 bits per heavy atom. The van der Waals surface area contributed by atoms with Crippen molar-refractivity contribution in [3.63, 3.8) is 0 Å². The standard InChI is InChI=1S/C15H19N3O2S/c1-10-7-11(2)17-13(8-10)18-14(19)16-9-15(3,20)12-5-4-6-21-12/h4-8,20H,9H2,1-3H3,(H2,16,17,18,19)/t15-/m1/s1. The van der Waals surface area contributed by atoms with Gasteiger partial charge >= 0.3 is 6.03 Å². The second-order valence-electron chi connectivity index (χ2n) is 5.23. The van der Waals surface area contributed by atoms with Crippen LogP contribution in [0, 0.1) is 13.8 Å². The average Bonchev–Trinajstić information content (AvgIpc) is 2.89. The summed E-state index contributed by atoms with van der Waals surface area (Å²) in [5.41, 5.74) is 0.792. The Morgan fingerprint density at radius 2 is 2.19 bits per heavy atom. The topological polar surface area (TPSA) is 74.2 Å². The fourth-order valence-electron chi connectivity index (χ4n) is 1.99. The van der Waals surface area contributed by atoms with Gasteiger partial charge in [0.1, 0.15) is 11.4 Å². The smallest absolute Gasteiger partial charge is 0.320 e. The lowest BCUT2D eigenvalue weighted by atomic mass is 10.1. The number of urea groups is 1. The van der Waals surface area contributed by atoms with Crippen LogP contribution in [0.1, 0.15) is 23.1 Å². The Bertz CT molecular complexity index is 604.